The summed E-state index contributed by atoms with van der Waals surface area (Å²) >= 11 is 1.40. The molecule has 4 rings (SSSR count). The van der Waals surface area contributed by atoms with Gasteiger partial charge in [0, 0.05) is 11.8 Å². The third kappa shape index (κ3) is 5.90. The summed E-state index contributed by atoms with van der Waals surface area (Å²) in [6.45, 7) is 0.692. The number of fused-ring (bicyclic) bond motifs is 1. The van der Waals surface area contributed by atoms with Gasteiger partial charge in [-0.25, -0.2) is 10.4 Å². The number of hydrogen-bond donors (Lipinski definition) is 1. The topological polar surface area (TPSA) is 68.5 Å². The van der Waals surface area contributed by atoms with Crippen LogP contribution in [-0.2, 0) is 11.3 Å². The van der Waals surface area contributed by atoms with E-state index in [1.807, 2.05) is 72.8 Å². The second-order valence-electron chi connectivity index (χ2n) is 7.16. The molecule has 0 aliphatic carbocycles. The number of benzene rings is 3. The van der Waals surface area contributed by atoms with Crippen LogP contribution in [0.2, 0.25) is 0 Å². The SMILES string of the molecule is COc1ccccc1C=CC=NNC(=O)CSc1nc2ccccc2n1Cc1ccccc1. The van der Waals surface area contributed by atoms with E-state index in [0.29, 0.717) is 6.54 Å². The van der Waals surface area contributed by atoms with E-state index in [9.17, 15) is 4.79 Å². The van der Waals surface area contributed by atoms with Gasteiger partial charge in [0.25, 0.3) is 5.91 Å². The highest BCUT2D eigenvalue weighted by Crippen LogP contribution is 2.25. The van der Waals surface area contributed by atoms with Crippen LogP contribution in [0.1, 0.15) is 11.1 Å². The predicted molar refractivity (Wildman–Crippen MR) is 135 cm³/mol. The first-order valence-electron chi connectivity index (χ1n) is 10.5. The zero-order valence-corrected chi connectivity index (χ0v) is 19.0. The van der Waals surface area contributed by atoms with E-state index in [0.717, 1.165) is 27.5 Å². The van der Waals surface area contributed by atoms with Crippen LogP contribution in [0.15, 0.2) is 95.2 Å². The molecule has 0 atom stereocenters. The van der Waals surface area contributed by atoms with Crippen molar-refractivity contribution in [2.45, 2.75) is 11.7 Å². The van der Waals surface area contributed by atoms with Gasteiger partial charge in [-0.05, 0) is 35.9 Å². The Bertz CT molecular complexity index is 1280. The highest BCUT2D eigenvalue weighted by Gasteiger charge is 2.13. The van der Waals surface area contributed by atoms with Gasteiger partial charge in [0.1, 0.15) is 5.75 Å². The van der Waals surface area contributed by atoms with E-state index < -0.39 is 0 Å². The van der Waals surface area contributed by atoms with Crippen molar-refractivity contribution in [1.82, 2.24) is 15.0 Å². The predicted octanol–water partition coefficient (Wildman–Crippen LogP) is 5.00. The molecule has 3 aromatic carbocycles. The number of carbonyl (C=O) groups excluding carboxylic acids is 1. The fourth-order valence-electron chi connectivity index (χ4n) is 3.35. The standard InChI is InChI=1S/C26H24N4O2S/c1-32-24-16-8-5-12-21(24)13-9-17-27-29-25(31)19-33-26-28-22-14-6-7-15-23(22)30(26)18-20-10-3-2-4-11-20/h2-17H,18-19H2,1H3,(H,29,31). The summed E-state index contributed by atoms with van der Waals surface area (Å²) in [5, 5.41) is 4.80. The number of ether oxygens (including phenoxy) is 1. The summed E-state index contributed by atoms with van der Waals surface area (Å²) in [6.07, 6.45) is 5.17. The van der Waals surface area contributed by atoms with Gasteiger partial charge in [-0.2, -0.15) is 5.10 Å². The van der Waals surface area contributed by atoms with Crippen LogP contribution in [0, 0.1) is 0 Å². The average molecular weight is 457 g/mol. The summed E-state index contributed by atoms with van der Waals surface area (Å²) < 4.78 is 7.45. The van der Waals surface area contributed by atoms with E-state index in [2.05, 4.69) is 27.2 Å². The van der Waals surface area contributed by atoms with Gasteiger partial charge in [-0.1, -0.05) is 72.4 Å². The van der Waals surface area contributed by atoms with E-state index in [-0.39, 0.29) is 11.7 Å². The van der Waals surface area contributed by atoms with E-state index in [1.165, 1.54) is 17.3 Å². The summed E-state index contributed by atoms with van der Waals surface area (Å²) in [5.41, 5.74) is 6.63. The number of rotatable bonds is 9. The molecule has 1 amide bonds. The number of para-hydroxylation sites is 3. The van der Waals surface area contributed by atoms with Gasteiger partial charge in [-0.15, -0.1) is 0 Å². The lowest BCUT2D eigenvalue weighted by Gasteiger charge is -2.09. The van der Waals surface area contributed by atoms with Gasteiger partial charge in [0.15, 0.2) is 5.16 Å². The number of aromatic nitrogens is 2. The average Bonchev–Trinajstić information content (AvgIpc) is 3.20. The van der Waals surface area contributed by atoms with Crippen LogP contribution in [0.5, 0.6) is 5.75 Å². The van der Waals surface area contributed by atoms with Crippen molar-refractivity contribution in [2.75, 3.05) is 12.9 Å². The zero-order valence-electron chi connectivity index (χ0n) is 18.2. The largest absolute Gasteiger partial charge is 0.496 e. The number of nitrogens with one attached hydrogen (secondary N) is 1. The summed E-state index contributed by atoms with van der Waals surface area (Å²) in [6, 6.07) is 25.9. The Morgan fingerprint density at radius 3 is 2.67 bits per heavy atom. The van der Waals surface area contributed by atoms with Crippen molar-refractivity contribution in [2.24, 2.45) is 5.10 Å². The number of thioether (sulfide) groups is 1. The monoisotopic (exact) mass is 456 g/mol. The molecule has 6 nitrogen and oxygen atoms in total. The number of nitrogens with zero attached hydrogens (tertiary/aromatic N) is 3. The summed E-state index contributed by atoms with van der Waals surface area (Å²) in [4.78, 5) is 17.0. The quantitative estimate of drug-likeness (QED) is 0.219. The fourth-order valence-corrected chi connectivity index (χ4v) is 4.15. The van der Waals surface area contributed by atoms with Crippen molar-refractivity contribution < 1.29 is 9.53 Å². The molecule has 0 bridgehead atoms. The minimum atomic E-state index is -0.194. The van der Waals surface area contributed by atoms with Crippen LogP contribution >= 0.6 is 11.8 Å². The minimum Gasteiger partial charge on any atom is -0.496 e. The molecule has 0 aliphatic rings. The Hall–Kier alpha value is -3.84. The molecule has 166 valence electrons. The van der Waals surface area contributed by atoms with E-state index in [4.69, 9.17) is 9.72 Å². The van der Waals surface area contributed by atoms with Gasteiger partial charge in [0.05, 0.1) is 30.4 Å². The smallest absolute Gasteiger partial charge is 0.250 e. The first kappa shape index (κ1) is 22.4. The van der Waals surface area contributed by atoms with Crippen molar-refractivity contribution in [3.63, 3.8) is 0 Å². The second kappa shape index (κ2) is 11.2. The lowest BCUT2D eigenvalue weighted by molar-refractivity contribution is -0.118. The molecule has 0 saturated carbocycles. The Morgan fingerprint density at radius 2 is 1.82 bits per heavy atom. The molecule has 1 heterocycles. The molecular weight excluding hydrogens is 432 g/mol. The van der Waals surface area contributed by atoms with E-state index in [1.54, 1.807) is 19.4 Å². The van der Waals surface area contributed by atoms with Gasteiger partial charge in [0.2, 0.25) is 0 Å². The molecule has 0 saturated heterocycles. The normalized spacial score (nSPS) is 11.4. The van der Waals surface area contributed by atoms with Crippen LogP contribution in [0.4, 0.5) is 0 Å². The van der Waals surface area contributed by atoms with Crippen LogP contribution in [0.3, 0.4) is 0 Å². The third-order valence-electron chi connectivity index (χ3n) is 4.90. The summed E-state index contributed by atoms with van der Waals surface area (Å²) in [7, 11) is 1.63. The first-order valence-corrected chi connectivity index (χ1v) is 11.5. The maximum atomic E-state index is 12.3. The molecule has 1 aromatic heterocycles. The number of hydrogen-bond acceptors (Lipinski definition) is 5. The van der Waals surface area contributed by atoms with Crippen LogP contribution in [-0.4, -0.2) is 34.5 Å². The maximum absolute atomic E-state index is 12.3. The van der Waals surface area contributed by atoms with Gasteiger partial charge >= 0.3 is 0 Å². The Balaban J connectivity index is 1.37. The highest BCUT2D eigenvalue weighted by molar-refractivity contribution is 7.99. The number of amides is 1. The van der Waals surface area contributed by atoms with Crippen molar-refractivity contribution in [1.29, 1.82) is 0 Å². The molecule has 0 unspecified atom stereocenters. The lowest BCUT2D eigenvalue weighted by Crippen LogP contribution is -2.19. The Morgan fingerprint density at radius 1 is 1.06 bits per heavy atom. The number of carbonyl (C=O) groups is 1. The van der Waals surface area contributed by atoms with Crippen LogP contribution < -0.4 is 10.2 Å². The molecule has 0 radical (unpaired) electrons. The molecule has 0 aliphatic heterocycles. The zero-order chi connectivity index (χ0) is 22.9. The van der Waals surface area contributed by atoms with Crippen molar-refractivity contribution in [3.05, 3.63) is 96.1 Å². The molecule has 7 heteroatoms. The van der Waals surface area contributed by atoms with E-state index >= 15 is 0 Å². The summed E-state index contributed by atoms with van der Waals surface area (Å²) in [5.74, 6) is 0.798. The molecule has 1 N–H and O–H groups in total. The minimum absolute atomic E-state index is 0.194. The molecule has 4 aromatic rings. The molecule has 0 spiro atoms. The highest BCUT2D eigenvalue weighted by atomic mass is 32.2. The van der Waals surface area contributed by atoms with Crippen LogP contribution in [0.25, 0.3) is 17.1 Å². The Kier molecular flexibility index (Phi) is 7.56. The van der Waals surface area contributed by atoms with Crippen molar-refractivity contribution >= 4 is 41.0 Å². The fraction of sp³-hybridized carbons (Fsp3) is 0.115. The number of hydrazone groups is 1. The number of imidazole rings is 1. The maximum Gasteiger partial charge on any atom is 0.250 e. The molecule has 0 fully saturated rings. The lowest BCUT2D eigenvalue weighted by atomic mass is 10.2. The third-order valence-corrected chi connectivity index (χ3v) is 5.88. The first-order chi connectivity index (χ1) is 16.2. The number of methoxy groups -OCH3 is 1. The second-order valence-corrected chi connectivity index (χ2v) is 8.10. The molecular formula is C26H24N4O2S. The molecule has 33 heavy (non-hydrogen) atoms. The van der Waals surface area contributed by atoms with Gasteiger partial charge < -0.3 is 9.30 Å². The van der Waals surface area contributed by atoms with Crippen molar-refractivity contribution in [3.8, 4) is 5.75 Å². The van der Waals surface area contributed by atoms with Gasteiger partial charge in [-0.3, -0.25) is 4.79 Å². The Labute approximate surface area is 197 Å². The number of allylic oxidation sites excluding steroid dienone is 1.